The number of aryl methyl sites for hydroxylation is 1. The molecule has 0 unspecified atom stereocenters. The highest BCUT2D eigenvalue weighted by atomic mass is 16.2. The number of carbonyl (C=O) groups is 1. The van der Waals surface area contributed by atoms with Gasteiger partial charge >= 0.3 is 0 Å². The molecule has 1 aromatic rings. The Morgan fingerprint density at radius 1 is 1.10 bits per heavy atom. The molecule has 0 spiro atoms. The Morgan fingerprint density at radius 2 is 1.75 bits per heavy atom. The molecule has 0 bridgehead atoms. The highest BCUT2D eigenvalue weighted by molar-refractivity contribution is 5.95. The first-order chi connectivity index (χ1) is 9.63. The van der Waals surface area contributed by atoms with E-state index in [-0.39, 0.29) is 5.91 Å². The summed E-state index contributed by atoms with van der Waals surface area (Å²) in [5, 5.41) is 3.38. The minimum absolute atomic E-state index is 0.152. The summed E-state index contributed by atoms with van der Waals surface area (Å²) in [4.78, 5) is 14.5. The van der Waals surface area contributed by atoms with Gasteiger partial charge in [-0.3, -0.25) is 4.79 Å². The van der Waals surface area contributed by atoms with Crippen molar-refractivity contribution in [3.8, 4) is 0 Å². The number of nitrogens with one attached hydrogen (secondary N) is 1. The Morgan fingerprint density at radius 3 is 2.25 bits per heavy atom. The number of hydrogen-bond acceptors (Lipinski definition) is 2. The van der Waals surface area contributed by atoms with Crippen molar-refractivity contribution in [2.24, 2.45) is 0 Å². The van der Waals surface area contributed by atoms with Gasteiger partial charge in [0.05, 0.1) is 0 Å². The van der Waals surface area contributed by atoms with Gasteiger partial charge in [0.25, 0.3) is 5.91 Å². The van der Waals surface area contributed by atoms with Gasteiger partial charge in [-0.05, 0) is 49.9 Å². The second kappa shape index (κ2) is 8.62. The first-order valence-corrected chi connectivity index (χ1v) is 7.77. The molecule has 0 heterocycles. The Kier molecular flexibility index (Phi) is 7.13. The van der Waals surface area contributed by atoms with Crippen molar-refractivity contribution in [1.82, 2.24) is 4.90 Å². The zero-order chi connectivity index (χ0) is 15.0. The van der Waals surface area contributed by atoms with E-state index in [4.69, 9.17) is 0 Å². The molecule has 112 valence electrons. The molecule has 0 aliphatic rings. The van der Waals surface area contributed by atoms with Gasteiger partial charge in [0.1, 0.15) is 0 Å². The molecule has 0 radical (unpaired) electrons. The molecule has 0 aliphatic heterocycles. The van der Waals surface area contributed by atoms with Gasteiger partial charge in [-0.15, -0.1) is 0 Å². The predicted molar refractivity (Wildman–Crippen MR) is 86.4 cm³/mol. The van der Waals surface area contributed by atoms with E-state index in [2.05, 4.69) is 33.0 Å². The highest BCUT2D eigenvalue weighted by Gasteiger charge is 2.14. The molecule has 3 nitrogen and oxygen atoms in total. The fourth-order valence-corrected chi connectivity index (χ4v) is 2.29. The van der Waals surface area contributed by atoms with Gasteiger partial charge in [-0.2, -0.15) is 0 Å². The zero-order valence-electron chi connectivity index (χ0n) is 13.3. The standard InChI is InChI=1S/C17H28N2O/c1-5-10-18-16-9-8-15(13-14(16)4)17(20)19(11-6-2)12-7-3/h8-9,13,18H,5-7,10-12H2,1-4H3. The van der Waals surface area contributed by atoms with Crippen LogP contribution in [0.4, 0.5) is 5.69 Å². The Balaban J connectivity index is 2.84. The van der Waals surface area contributed by atoms with Gasteiger partial charge < -0.3 is 10.2 Å². The molecular formula is C17H28N2O. The van der Waals surface area contributed by atoms with Crippen LogP contribution in [0.15, 0.2) is 18.2 Å². The van der Waals surface area contributed by atoms with Crippen LogP contribution in [0.5, 0.6) is 0 Å². The van der Waals surface area contributed by atoms with Gasteiger partial charge in [0.15, 0.2) is 0 Å². The lowest BCUT2D eigenvalue weighted by Crippen LogP contribution is -2.32. The molecule has 0 saturated heterocycles. The second-order valence-corrected chi connectivity index (χ2v) is 5.25. The zero-order valence-corrected chi connectivity index (χ0v) is 13.3. The summed E-state index contributed by atoms with van der Waals surface area (Å²) in [6.07, 6.45) is 3.10. The van der Waals surface area contributed by atoms with E-state index in [0.29, 0.717) is 0 Å². The van der Waals surface area contributed by atoms with E-state index in [1.807, 2.05) is 23.1 Å². The number of hydrogen-bond donors (Lipinski definition) is 1. The summed E-state index contributed by atoms with van der Waals surface area (Å²) < 4.78 is 0. The van der Waals surface area contributed by atoms with E-state index >= 15 is 0 Å². The van der Waals surface area contributed by atoms with Gasteiger partial charge in [-0.1, -0.05) is 20.8 Å². The summed E-state index contributed by atoms with van der Waals surface area (Å²) in [6, 6.07) is 5.96. The summed E-state index contributed by atoms with van der Waals surface area (Å²) >= 11 is 0. The van der Waals surface area contributed by atoms with Crippen LogP contribution in [0.1, 0.15) is 56.0 Å². The van der Waals surface area contributed by atoms with Gasteiger partial charge in [-0.25, -0.2) is 0 Å². The minimum atomic E-state index is 0.152. The van der Waals surface area contributed by atoms with Crippen molar-refractivity contribution < 1.29 is 4.79 Å². The predicted octanol–water partition coefficient (Wildman–Crippen LogP) is 4.08. The average Bonchev–Trinajstić information content (AvgIpc) is 2.45. The van der Waals surface area contributed by atoms with Crippen LogP contribution in [0.25, 0.3) is 0 Å². The Labute approximate surface area is 123 Å². The first kappa shape index (κ1) is 16.5. The summed E-state index contributed by atoms with van der Waals surface area (Å²) in [7, 11) is 0. The third-order valence-electron chi connectivity index (χ3n) is 3.31. The van der Waals surface area contributed by atoms with Crippen LogP contribution in [0.2, 0.25) is 0 Å². The third kappa shape index (κ3) is 4.55. The topological polar surface area (TPSA) is 32.3 Å². The second-order valence-electron chi connectivity index (χ2n) is 5.25. The lowest BCUT2D eigenvalue weighted by atomic mass is 10.1. The van der Waals surface area contributed by atoms with Crippen LogP contribution >= 0.6 is 0 Å². The van der Waals surface area contributed by atoms with Crippen molar-refractivity contribution in [2.45, 2.75) is 47.0 Å². The maximum Gasteiger partial charge on any atom is 0.253 e. The number of benzene rings is 1. The van der Waals surface area contributed by atoms with Crippen LogP contribution < -0.4 is 5.32 Å². The quantitative estimate of drug-likeness (QED) is 0.776. The maximum atomic E-state index is 12.5. The van der Waals surface area contributed by atoms with Crippen molar-refractivity contribution in [2.75, 3.05) is 25.0 Å². The smallest absolute Gasteiger partial charge is 0.253 e. The fraction of sp³-hybridized carbons (Fsp3) is 0.588. The molecule has 3 heteroatoms. The SMILES string of the molecule is CCCNc1ccc(C(=O)N(CCC)CCC)cc1C. The molecule has 1 rings (SSSR count). The highest BCUT2D eigenvalue weighted by Crippen LogP contribution is 2.18. The molecule has 0 aliphatic carbocycles. The van der Waals surface area contributed by atoms with Crippen molar-refractivity contribution in [1.29, 1.82) is 0 Å². The molecule has 1 amide bonds. The monoisotopic (exact) mass is 276 g/mol. The molecule has 20 heavy (non-hydrogen) atoms. The molecule has 0 saturated carbocycles. The molecule has 0 fully saturated rings. The summed E-state index contributed by atoms with van der Waals surface area (Å²) in [5.41, 5.74) is 3.06. The van der Waals surface area contributed by atoms with Crippen LogP contribution in [0.3, 0.4) is 0 Å². The Bertz CT molecular complexity index is 423. The first-order valence-electron chi connectivity index (χ1n) is 7.77. The largest absolute Gasteiger partial charge is 0.385 e. The average molecular weight is 276 g/mol. The number of carbonyl (C=O) groups excluding carboxylic acids is 1. The third-order valence-corrected chi connectivity index (χ3v) is 3.31. The van der Waals surface area contributed by atoms with Crippen molar-refractivity contribution in [3.63, 3.8) is 0 Å². The maximum absolute atomic E-state index is 12.5. The van der Waals surface area contributed by atoms with E-state index in [1.54, 1.807) is 0 Å². The lowest BCUT2D eigenvalue weighted by Gasteiger charge is -2.22. The Hall–Kier alpha value is -1.51. The number of nitrogens with zero attached hydrogens (tertiary/aromatic N) is 1. The number of amides is 1. The van der Waals surface area contributed by atoms with Crippen LogP contribution in [-0.2, 0) is 0 Å². The molecule has 0 atom stereocenters. The number of anilines is 1. The van der Waals surface area contributed by atoms with E-state index < -0.39 is 0 Å². The van der Waals surface area contributed by atoms with E-state index in [1.165, 1.54) is 0 Å². The molecular weight excluding hydrogens is 248 g/mol. The van der Waals surface area contributed by atoms with Crippen LogP contribution in [0, 0.1) is 6.92 Å². The number of rotatable bonds is 8. The molecule has 1 aromatic carbocycles. The van der Waals surface area contributed by atoms with Crippen molar-refractivity contribution in [3.05, 3.63) is 29.3 Å². The van der Waals surface area contributed by atoms with Gasteiger partial charge in [0.2, 0.25) is 0 Å². The van der Waals surface area contributed by atoms with Crippen LogP contribution in [-0.4, -0.2) is 30.4 Å². The molecule has 1 N–H and O–H groups in total. The normalized spacial score (nSPS) is 10.4. The van der Waals surface area contributed by atoms with Crippen molar-refractivity contribution >= 4 is 11.6 Å². The fourth-order valence-electron chi connectivity index (χ4n) is 2.29. The van der Waals surface area contributed by atoms with Gasteiger partial charge in [0, 0.05) is 30.9 Å². The lowest BCUT2D eigenvalue weighted by molar-refractivity contribution is 0.0755. The summed E-state index contributed by atoms with van der Waals surface area (Å²) in [5.74, 6) is 0.152. The minimum Gasteiger partial charge on any atom is -0.385 e. The summed E-state index contributed by atoms with van der Waals surface area (Å²) in [6.45, 7) is 11.1. The molecule has 0 aromatic heterocycles. The van der Waals surface area contributed by atoms with E-state index in [9.17, 15) is 4.79 Å². The van der Waals surface area contributed by atoms with E-state index in [0.717, 1.165) is 55.7 Å².